The third-order valence-corrected chi connectivity index (χ3v) is 4.43. The van der Waals surface area contributed by atoms with Gasteiger partial charge in [-0.25, -0.2) is 0 Å². The van der Waals surface area contributed by atoms with E-state index >= 15 is 0 Å². The van der Waals surface area contributed by atoms with E-state index in [9.17, 15) is 23.1 Å². The summed E-state index contributed by atoms with van der Waals surface area (Å²) < 4.78 is 39.6. The molecule has 2 atom stereocenters. The number of amides is 1. The van der Waals surface area contributed by atoms with Gasteiger partial charge in [-0.3, -0.25) is 4.79 Å². The Morgan fingerprint density at radius 2 is 2.04 bits per heavy atom. The van der Waals surface area contributed by atoms with Crippen LogP contribution in [0.25, 0.3) is 5.57 Å². The molecule has 0 aliphatic heterocycles. The number of carbonyl (C=O) groups excluding carboxylic acids is 1. The Hall–Kier alpha value is -1.82. The molecule has 2 unspecified atom stereocenters. The highest BCUT2D eigenvalue weighted by Crippen LogP contribution is 2.38. The van der Waals surface area contributed by atoms with Crippen molar-refractivity contribution in [2.24, 2.45) is 5.41 Å². The summed E-state index contributed by atoms with van der Waals surface area (Å²) in [4.78, 5) is 12.1. The maximum atomic E-state index is 13.2. The second-order valence-corrected chi connectivity index (χ2v) is 6.19. The maximum Gasteiger partial charge on any atom is 0.417 e. The summed E-state index contributed by atoms with van der Waals surface area (Å²) >= 11 is 0. The topological polar surface area (TPSA) is 49.3 Å². The van der Waals surface area contributed by atoms with Crippen LogP contribution in [0.1, 0.15) is 31.7 Å². The summed E-state index contributed by atoms with van der Waals surface area (Å²) in [5, 5.41) is 12.1. The first-order chi connectivity index (χ1) is 10.8. The van der Waals surface area contributed by atoms with Gasteiger partial charge in [0.05, 0.1) is 12.2 Å². The van der Waals surface area contributed by atoms with Crippen LogP contribution in [0.3, 0.4) is 0 Å². The number of carbonyl (C=O) groups is 1. The number of rotatable bonds is 4. The minimum absolute atomic E-state index is 0.0495. The van der Waals surface area contributed by atoms with Crippen molar-refractivity contribution in [1.29, 1.82) is 0 Å². The van der Waals surface area contributed by atoms with Crippen molar-refractivity contribution >= 4 is 11.5 Å². The highest BCUT2D eigenvalue weighted by molar-refractivity contribution is 5.96. The van der Waals surface area contributed by atoms with Crippen LogP contribution < -0.4 is 5.32 Å². The lowest BCUT2D eigenvalue weighted by Crippen LogP contribution is -2.44. The molecule has 2 rings (SSSR count). The van der Waals surface area contributed by atoms with Gasteiger partial charge < -0.3 is 10.4 Å². The minimum atomic E-state index is -4.62. The molecule has 2 N–H and O–H groups in total. The maximum absolute atomic E-state index is 13.2. The van der Waals surface area contributed by atoms with E-state index < -0.39 is 23.1 Å². The Labute approximate surface area is 133 Å². The molecule has 126 valence electrons. The fraction of sp³-hybridized carbons (Fsp3) is 0.471. The molecule has 0 spiro atoms. The smallest absolute Gasteiger partial charge is 0.396 e. The largest absolute Gasteiger partial charge is 0.417 e. The fourth-order valence-corrected chi connectivity index (χ4v) is 2.96. The van der Waals surface area contributed by atoms with Gasteiger partial charge in [0, 0.05) is 17.5 Å². The lowest BCUT2D eigenvalue weighted by atomic mass is 9.86. The van der Waals surface area contributed by atoms with E-state index in [4.69, 9.17) is 0 Å². The molecule has 0 aromatic heterocycles. The standard InChI is InChI=1S/C17H20F3NO2/c1-16(11-22)9-5-8-14(16)21-15(23)10-13(17(18,19)20)12-6-3-2-4-7-12/h2-4,6-7,10,14,22H,5,8-9,11H2,1H3,(H,21,23)/b13-10-. The van der Waals surface area contributed by atoms with Gasteiger partial charge in [-0.1, -0.05) is 43.7 Å². The number of halogens is 3. The molecule has 0 bridgehead atoms. The molecular weight excluding hydrogens is 307 g/mol. The van der Waals surface area contributed by atoms with E-state index in [0.29, 0.717) is 12.5 Å². The average molecular weight is 327 g/mol. The van der Waals surface area contributed by atoms with Crippen molar-refractivity contribution in [3.63, 3.8) is 0 Å². The van der Waals surface area contributed by atoms with Crippen LogP contribution in [-0.2, 0) is 4.79 Å². The Bertz CT molecular complexity index is 583. The highest BCUT2D eigenvalue weighted by atomic mass is 19.4. The van der Waals surface area contributed by atoms with Gasteiger partial charge in [0.25, 0.3) is 0 Å². The van der Waals surface area contributed by atoms with E-state index in [1.165, 1.54) is 24.3 Å². The summed E-state index contributed by atoms with van der Waals surface area (Å²) in [6.45, 7) is 1.73. The van der Waals surface area contributed by atoms with Crippen molar-refractivity contribution in [2.45, 2.75) is 38.4 Å². The van der Waals surface area contributed by atoms with Crippen LogP contribution in [0, 0.1) is 5.41 Å². The zero-order valence-electron chi connectivity index (χ0n) is 12.9. The quantitative estimate of drug-likeness (QED) is 0.834. The van der Waals surface area contributed by atoms with Gasteiger partial charge in [-0.05, 0) is 18.4 Å². The first kappa shape index (κ1) is 17.5. The number of benzene rings is 1. The van der Waals surface area contributed by atoms with Crippen LogP contribution in [0.4, 0.5) is 13.2 Å². The second-order valence-electron chi connectivity index (χ2n) is 6.19. The Morgan fingerprint density at radius 3 is 2.61 bits per heavy atom. The third kappa shape index (κ3) is 4.13. The molecule has 1 amide bonds. The van der Waals surface area contributed by atoms with E-state index in [0.717, 1.165) is 12.8 Å². The molecule has 0 radical (unpaired) electrons. The van der Waals surface area contributed by atoms with Crippen LogP contribution in [0.15, 0.2) is 36.4 Å². The average Bonchev–Trinajstić information content (AvgIpc) is 2.86. The van der Waals surface area contributed by atoms with Gasteiger partial charge in [-0.15, -0.1) is 0 Å². The van der Waals surface area contributed by atoms with Gasteiger partial charge in [0.2, 0.25) is 5.91 Å². The second kappa shape index (κ2) is 6.74. The molecule has 0 saturated heterocycles. The van der Waals surface area contributed by atoms with Crippen molar-refractivity contribution in [1.82, 2.24) is 5.32 Å². The zero-order valence-corrected chi connectivity index (χ0v) is 12.9. The first-order valence-corrected chi connectivity index (χ1v) is 7.52. The summed E-state index contributed by atoms with van der Waals surface area (Å²) in [6, 6.07) is 6.92. The van der Waals surface area contributed by atoms with Crippen LogP contribution >= 0.6 is 0 Å². The Balaban J connectivity index is 2.21. The molecule has 1 aliphatic rings. The van der Waals surface area contributed by atoms with Crippen LogP contribution in [-0.4, -0.2) is 29.8 Å². The normalized spacial score (nSPS) is 25.4. The Morgan fingerprint density at radius 1 is 1.39 bits per heavy atom. The predicted molar refractivity (Wildman–Crippen MR) is 81.4 cm³/mol. The monoisotopic (exact) mass is 327 g/mol. The highest BCUT2D eigenvalue weighted by Gasteiger charge is 2.40. The number of aliphatic hydroxyl groups excluding tert-OH is 1. The van der Waals surface area contributed by atoms with Crippen LogP contribution in [0.5, 0.6) is 0 Å². The summed E-state index contributed by atoms with van der Waals surface area (Å²) in [6.07, 6.45) is -1.79. The minimum Gasteiger partial charge on any atom is -0.396 e. The van der Waals surface area contributed by atoms with E-state index in [1.54, 1.807) is 6.07 Å². The molecule has 23 heavy (non-hydrogen) atoms. The van der Waals surface area contributed by atoms with E-state index in [-0.39, 0.29) is 18.2 Å². The lowest BCUT2D eigenvalue weighted by molar-refractivity contribution is -0.118. The molecule has 1 aromatic carbocycles. The molecule has 0 heterocycles. The number of nitrogens with one attached hydrogen (secondary N) is 1. The van der Waals surface area contributed by atoms with Gasteiger partial charge in [0.1, 0.15) is 0 Å². The van der Waals surface area contributed by atoms with Crippen molar-refractivity contribution in [3.05, 3.63) is 42.0 Å². The summed E-state index contributed by atoms with van der Waals surface area (Å²) in [7, 11) is 0. The number of alkyl halides is 3. The third-order valence-electron chi connectivity index (χ3n) is 4.43. The number of hydrogen-bond acceptors (Lipinski definition) is 2. The number of aliphatic hydroxyl groups is 1. The Kier molecular flexibility index (Phi) is 5.14. The number of hydrogen-bond donors (Lipinski definition) is 2. The first-order valence-electron chi connectivity index (χ1n) is 7.52. The van der Waals surface area contributed by atoms with Gasteiger partial charge in [-0.2, -0.15) is 13.2 Å². The van der Waals surface area contributed by atoms with E-state index in [2.05, 4.69) is 5.32 Å². The van der Waals surface area contributed by atoms with Crippen molar-refractivity contribution in [2.75, 3.05) is 6.61 Å². The lowest BCUT2D eigenvalue weighted by Gasteiger charge is -2.29. The molecule has 1 saturated carbocycles. The van der Waals surface area contributed by atoms with Crippen molar-refractivity contribution < 1.29 is 23.1 Å². The molecule has 3 nitrogen and oxygen atoms in total. The summed E-state index contributed by atoms with van der Waals surface area (Å²) in [5.74, 6) is -0.784. The SMILES string of the molecule is CC1(CO)CCCC1NC(=O)/C=C(/c1ccccc1)C(F)(F)F. The molecular formula is C17H20F3NO2. The number of allylic oxidation sites excluding steroid dienone is 1. The van der Waals surface area contributed by atoms with Gasteiger partial charge in [0.15, 0.2) is 0 Å². The zero-order chi connectivity index (χ0) is 17.1. The van der Waals surface area contributed by atoms with Crippen molar-refractivity contribution in [3.8, 4) is 0 Å². The molecule has 1 fully saturated rings. The van der Waals surface area contributed by atoms with E-state index in [1.807, 2.05) is 6.92 Å². The fourth-order valence-electron chi connectivity index (χ4n) is 2.96. The molecule has 6 heteroatoms. The molecule has 1 aliphatic carbocycles. The van der Waals surface area contributed by atoms with Gasteiger partial charge >= 0.3 is 6.18 Å². The molecule has 1 aromatic rings. The van der Waals surface area contributed by atoms with Crippen LogP contribution in [0.2, 0.25) is 0 Å². The predicted octanol–water partition coefficient (Wildman–Crippen LogP) is 3.30. The summed E-state index contributed by atoms with van der Waals surface area (Å²) in [5.41, 5.74) is -1.50.